The summed E-state index contributed by atoms with van der Waals surface area (Å²) in [6.45, 7) is 0.992. The first-order chi connectivity index (χ1) is 9.65. The second kappa shape index (κ2) is 6.34. The van der Waals surface area contributed by atoms with Gasteiger partial charge in [-0.2, -0.15) is 0 Å². The molecule has 5 heteroatoms. The maximum Gasteiger partial charge on any atom is 0.292 e. The first kappa shape index (κ1) is 14.3. The van der Waals surface area contributed by atoms with Gasteiger partial charge in [0, 0.05) is 44.4 Å². The standard InChI is InChI=1S/C15H18N2O3/c1-17-10-12(11-6-3-4-7-13(11)17)14(18)15(19)16-8-5-9-20-2/h3-4,6-7,10H,5,8-9H2,1-2H3,(H,16,19). The molecule has 0 atom stereocenters. The van der Waals surface area contributed by atoms with Crippen molar-refractivity contribution in [2.75, 3.05) is 20.3 Å². The number of methoxy groups -OCH3 is 1. The molecule has 2 rings (SSSR count). The Morgan fingerprint density at radius 2 is 2.05 bits per heavy atom. The van der Waals surface area contributed by atoms with E-state index < -0.39 is 11.7 Å². The molecule has 1 aromatic carbocycles. The van der Waals surface area contributed by atoms with E-state index >= 15 is 0 Å². The summed E-state index contributed by atoms with van der Waals surface area (Å²) in [5.74, 6) is -1.07. The molecule has 106 valence electrons. The molecule has 1 amide bonds. The lowest BCUT2D eigenvalue weighted by Crippen LogP contribution is -2.32. The highest BCUT2D eigenvalue weighted by Crippen LogP contribution is 2.20. The van der Waals surface area contributed by atoms with Crippen LogP contribution in [0.4, 0.5) is 0 Å². The van der Waals surface area contributed by atoms with E-state index in [-0.39, 0.29) is 0 Å². The molecule has 1 aromatic heterocycles. The van der Waals surface area contributed by atoms with Crippen molar-refractivity contribution in [1.82, 2.24) is 9.88 Å². The van der Waals surface area contributed by atoms with E-state index in [2.05, 4.69) is 5.32 Å². The summed E-state index contributed by atoms with van der Waals surface area (Å²) in [6.07, 6.45) is 2.38. The van der Waals surface area contributed by atoms with Gasteiger partial charge in [0.1, 0.15) is 0 Å². The Morgan fingerprint density at radius 1 is 1.30 bits per heavy atom. The fourth-order valence-corrected chi connectivity index (χ4v) is 2.14. The fourth-order valence-electron chi connectivity index (χ4n) is 2.14. The minimum absolute atomic E-state index is 0.434. The molecule has 5 nitrogen and oxygen atoms in total. The number of nitrogens with zero attached hydrogens (tertiary/aromatic N) is 1. The molecular formula is C15H18N2O3. The highest BCUT2D eigenvalue weighted by atomic mass is 16.5. The van der Waals surface area contributed by atoms with Crippen LogP contribution in [0.25, 0.3) is 10.9 Å². The number of benzene rings is 1. The highest BCUT2D eigenvalue weighted by Gasteiger charge is 2.20. The van der Waals surface area contributed by atoms with Crippen LogP contribution in [0.1, 0.15) is 16.8 Å². The van der Waals surface area contributed by atoms with Crippen LogP contribution in [0.15, 0.2) is 30.5 Å². The Hall–Kier alpha value is -2.14. The summed E-state index contributed by atoms with van der Waals surface area (Å²) in [6, 6.07) is 7.53. The molecule has 0 aliphatic heterocycles. The molecule has 0 fully saturated rings. The van der Waals surface area contributed by atoms with Crippen LogP contribution in [0.3, 0.4) is 0 Å². The number of hydrogen-bond donors (Lipinski definition) is 1. The number of carbonyl (C=O) groups is 2. The van der Waals surface area contributed by atoms with Gasteiger partial charge in [0.05, 0.1) is 5.56 Å². The largest absolute Gasteiger partial charge is 0.385 e. The van der Waals surface area contributed by atoms with Crippen molar-refractivity contribution in [1.29, 1.82) is 0 Å². The van der Waals surface area contributed by atoms with E-state index in [4.69, 9.17) is 4.74 Å². The third kappa shape index (κ3) is 2.88. The van der Waals surface area contributed by atoms with E-state index in [9.17, 15) is 9.59 Å². The van der Waals surface area contributed by atoms with Gasteiger partial charge in [-0.15, -0.1) is 0 Å². The molecule has 1 heterocycles. The quantitative estimate of drug-likeness (QED) is 0.493. The third-order valence-corrected chi connectivity index (χ3v) is 3.16. The lowest BCUT2D eigenvalue weighted by Gasteiger charge is -2.03. The zero-order chi connectivity index (χ0) is 14.5. The Bertz CT molecular complexity index is 631. The van der Waals surface area contributed by atoms with Gasteiger partial charge >= 0.3 is 0 Å². The van der Waals surface area contributed by atoms with Crippen molar-refractivity contribution in [3.05, 3.63) is 36.0 Å². The van der Waals surface area contributed by atoms with Crippen molar-refractivity contribution in [3.8, 4) is 0 Å². The molecule has 20 heavy (non-hydrogen) atoms. The van der Waals surface area contributed by atoms with Crippen LogP contribution in [0.5, 0.6) is 0 Å². The third-order valence-electron chi connectivity index (χ3n) is 3.16. The second-order valence-corrected chi connectivity index (χ2v) is 4.60. The normalized spacial score (nSPS) is 10.7. The number of aryl methyl sites for hydroxylation is 1. The molecule has 0 unspecified atom stereocenters. The van der Waals surface area contributed by atoms with Crippen LogP contribution in [-0.2, 0) is 16.6 Å². The molecular weight excluding hydrogens is 256 g/mol. The van der Waals surface area contributed by atoms with Crippen LogP contribution in [0.2, 0.25) is 0 Å². The Morgan fingerprint density at radius 3 is 2.80 bits per heavy atom. The van der Waals surface area contributed by atoms with E-state index in [1.165, 1.54) is 0 Å². The van der Waals surface area contributed by atoms with Crippen molar-refractivity contribution >= 4 is 22.6 Å². The van der Waals surface area contributed by atoms with E-state index in [0.717, 1.165) is 10.9 Å². The van der Waals surface area contributed by atoms with E-state index in [1.54, 1.807) is 13.3 Å². The summed E-state index contributed by atoms with van der Waals surface area (Å²) in [4.78, 5) is 24.0. The van der Waals surface area contributed by atoms with Gasteiger partial charge in [0.25, 0.3) is 11.7 Å². The van der Waals surface area contributed by atoms with Crippen LogP contribution in [-0.4, -0.2) is 36.5 Å². The van der Waals surface area contributed by atoms with Crippen LogP contribution in [0, 0.1) is 0 Å². The number of nitrogens with one attached hydrogen (secondary N) is 1. The molecule has 2 aromatic rings. The zero-order valence-corrected chi connectivity index (χ0v) is 11.7. The lowest BCUT2D eigenvalue weighted by molar-refractivity contribution is -0.117. The average molecular weight is 274 g/mol. The van der Waals surface area contributed by atoms with Gasteiger partial charge in [-0.1, -0.05) is 18.2 Å². The first-order valence-corrected chi connectivity index (χ1v) is 6.50. The number of Topliss-reactive ketones (excluding diaryl/α,β-unsaturated/α-hetero) is 1. The number of para-hydroxylation sites is 1. The fraction of sp³-hybridized carbons (Fsp3) is 0.333. The summed E-state index contributed by atoms with van der Waals surface area (Å²) in [5, 5.41) is 3.41. The van der Waals surface area contributed by atoms with Crippen LogP contribution < -0.4 is 5.32 Å². The maximum atomic E-state index is 12.2. The second-order valence-electron chi connectivity index (χ2n) is 4.60. The van der Waals surface area contributed by atoms with Crippen molar-refractivity contribution in [2.45, 2.75) is 6.42 Å². The Kier molecular flexibility index (Phi) is 4.53. The van der Waals surface area contributed by atoms with Crippen molar-refractivity contribution < 1.29 is 14.3 Å². The minimum Gasteiger partial charge on any atom is -0.385 e. The number of rotatable bonds is 6. The first-order valence-electron chi connectivity index (χ1n) is 6.50. The molecule has 0 spiro atoms. The summed E-state index contributed by atoms with van der Waals surface area (Å²) in [5.41, 5.74) is 1.37. The van der Waals surface area contributed by atoms with Crippen molar-refractivity contribution in [2.24, 2.45) is 7.05 Å². The van der Waals surface area contributed by atoms with Gasteiger partial charge in [0.15, 0.2) is 0 Å². The molecule has 0 aliphatic rings. The lowest BCUT2D eigenvalue weighted by atomic mass is 10.1. The Balaban J connectivity index is 2.13. The highest BCUT2D eigenvalue weighted by molar-refractivity contribution is 6.45. The number of amides is 1. The topological polar surface area (TPSA) is 60.3 Å². The van der Waals surface area contributed by atoms with E-state index in [0.29, 0.717) is 25.1 Å². The van der Waals surface area contributed by atoms with Gasteiger partial charge < -0.3 is 14.6 Å². The van der Waals surface area contributed by atoms with Crippen molar-refractivity contribution in [3.63, 3.8) is 0 Å². The summed E-state index contributed by atoms with van der Waals surface area (Å²) >= 11 is 0. The molecule has 0 aliphatic carbocycles. The van der Waals surface area contributed by atoms with Crippen LogP contribution >= 0.6 is 0 Å². The predicted octanol–water partition coefficient (Wildman–Crippen LogP) is 1.51. The average Bonchev–Trinajstić information content (AvgIpc) is 2.80. The monoisotopic (exact) mass is 274 g/mol. The summed E-state index contributed by atoms with van der Waals surface area (Å²) in [7, 11) is 3.46. The number of ether oxygens (including phenoxy) is 1. The molecule has 1 N–H and O–H groups in total. The van der Waals surface area contributed by atoms with Gasteiger partial charge in [0.2, 0.25) is 0 Å². The number of ketones is 1. The van der Waals surface area contributed by atoms with Gasteiger partial charge in [-0.25, -0.2) is 0 Å². The molecule has 0 bridgehead atoms. The molecule has 0 radical (unpaired) electrons. The van der Waals surface area contributed by atoms with E-state index in [1.807, 2.05) is 35.9 Å². The Labute approximate surface area is 117 Å². The predicted molar refractivity (Wildman–Crippen MR) is 76.8 cm³/mol. The molecule has 0 saturated heterocycles. The molecule has 0 saturated carbocycles. The zero-order valence-electron chi connectivity index (χ0n) is 11.7. The SMILES string of the molecule is COCCCNC(=O)C(=O)c1cn(C)c2ccccc12. The smallest absolute Gasteiger partial charge is 0.292 e. The number of fused-ring (bicyclic) bond motifs is 1. The van der Waals surface area contributed by atoms with Gasteiger partial charge in [-0.05, 0) is 12.5 Å². The minimum atomic E-state index is -0.572. The number of hydrogen-bond acceptors (Lipinski definition) is 3. The maximum absolute atomic E-state index is 12.2. The summed E-state index contributed by atoms with van der Waals surface area (Å²) < 4.78 is 6.74. The number of carbonyl (C=O) groups excluding carboxylic acids is 2. The number of aromatic nitrogens is 1. The van der Waals surface area contributed by atoms with Gasteiger partial charge in [-0.3, -0.25) is 9.59 Å².